The Morgan fingerprint density at radius 2 is 1.86 bits per heavy atom. The highest BCUT2D eigenvalue weighted by Crippen LogP contribution is 2.04. The maximum absolute atomic E-state index is 10.4. The third-order valence-electron chi connectivity index (χ3n) is 1.80. The van der Waals surface area contributed by atoms with Crippen molar-refractivity contribution < 1.29 is 9.53 Å². The first kappa shape index (κ1) is 10.7. The molecule has 0 aliphatic carbocycles. The summed E-state index contributed by atoms with van der Waals surface area (Å²) in [6, 6.07) is 7.42. The van der Waals surface area contributed by atoms with Crippen molar-refractivity contribution in [1.82, 2.24) is 0 Å². The highest BCUT2D eigenvalue weighted by Gasteiger charge is 1.88. The van der Waals surface area contributed by atoms with E-state index >= 15 is 0 Å². The Morgan fingerprint density at radius 3 is 2.43 bits per heavy atom. The van der Waals surface area contributed by atoms with E-state index in [9.17, 15) is 4.79 Å². The molecular weight excluding hydrogens is 176 g/mol. The number of hydrogen-bond acceptors (Lipinski definition) is 2. The van der Waals surface area contributed by atoms with E-state index in [4.69, 9.17) is 4.74 Å². The van der Waals surface area contributed by atoms with E-state index < -0.39 is 0 Å². The van der Waals surface area contributed by atoms with Crippen LogP contribution in [0.2, 0.25) is 0 Å². The molecule has 0 spiro atoms. The number of rotatable bonds is 5. The van der Waals surface area contributed by atoms with Gasteiger partial charge in [0.2, 0.25) is 0 Å². The van der Waals surface area contributed by atoms with Gasteiger partial charge in [0.25, 0.3) is 0 Å². The Morgan fingerprint density at radius 1 is 1.21 bits per heavy atom. The van der Waals surface area contributed by atoms with Gasteiger partial charge in [-0.3, -0.25) is 4.79 Å². The quantitative estimate of drug-likeness (QED) is 0.527. The Bertz CT molecular complexity index is 299. The van der Waals surface area contributed by atoms with E-state index in [0.29, 0.717) is 12.2 Å². The Balaban J connectivity index is 2.50. The lowest BCUT2D eigenvalue weighted by atomic mass is 10.1. The van der Waals surface area contributed by atoms with Gasteiger partial charge in [0.05, 0.1) is 6.61 Å². The molecule has 14 heavy (non-hydrogen) atoms. The molecule has 0 saturated heterocycles. The molecule has 1 aromatic carbocycles. The van der Waals surface area contributed by atoms with Gasteiger partial charge in [-0.05, 0) is 12.5 Å². The average Bonchev–Trinajstić information content (AvgIpc) is 2.25. The average molecular weight is 190 g/mol. The molecule has 0 aliphatic heterocycles. The lowest BCUT2D eigenvalue weighted by molar-refractivity contribution is 0.112. The van der Waals surface area contributed by atoms with Gasteiger partial charge in [0, 0.05) is 12.2 Å². The Hall–Kier alpha value is -1.41. The molecule has 0 N–H and O–H groups in total. The van der Waals surface area contributed by atoms with Crippen LogP contribution in [0.1, 0.15) is 22.8 Å². The van der Waals surface area contributed by atoms with Crippen LogP contribution in [-0.2, 0) is 4.74 Å². The van der Waals surface area contributed by atoms with Gasteiger partial charge in [-0.15, -0.1) is 0 Å². The molecule has 0 aliphatic rings. The number of aldehydes is 1. The molecule has 1 rings (SSSR count). The molecule has 1 aromatic rings. The van der Waals surface area contributed by atoms with E-state index in [0.717, 1.165) is 18.5 Å². The fourth-order valence-electron chi connectivity index (χ4n) is 1.06. The summed E-state index contributed by atoms with van der Waals surface area (Å²) >= 11 is 0. The number of hydrogen-bond donors (Lipinski definition) is 0. The standard InChI is InChI=1S/C12H14O2/c1-2-14-9-3-4-11-5-7-12(10-13)8-6-11/h3-8,10H,2,9H2,1H3/b4-3+. The lowest BCUT2D eigenvalue weighted by Crippen LogP contribution is -1.87. The second-order valence-corrected chi connectivity index (χ2v) is 2.85. The predicted molar refractivity (Wildman–Crippen MR) is 57.4 cm³/mol. The fraction of sp³-hybridized carbons (Fsp3) is 0.250. The smallest absolute Gasteiger partial charge is 0.150 e. The lowest BCUT2D eigenvalue weighted by Gasteiger charge is -1.95. The van der Waals surface area contributed by atoms with Gasteiger partial charge in [0.15, 0.2) is 0 Å². The van der Waals surface area contributed by atoms with Crippen molar-refractivity contribution in [3.8, 4) is 0 Å². The Kier molecular flexibility index (Phi) is 4.65. The highest BCUT2D eigenvalue weighted by molar-refractivity contribution is 5.75. The van der Waals surface area contributed by atoms with Crippen molar-refractivity contribution in [1.29, 1.82) is 0 Å². The van der Waals surface area contributed by atoms with Crippen LogP contribution < -0.4 is 0 Å². The molecule has 2 nitrogen and oxygen atoms in total. The number of carbonyl (C=O) groups excluding carboxylic acids is 1. The molecule has 0 aromatic heterocycles. The summed E-state index contributed by atoms with van der Waals surface area (Å²) in [5, 5.41) is 0. The first-order valence-electron chi connectivity index (χ1n) is 4.66. The minimum absolute atomic E-state index is 0.631. The zero-order chi connectivity index (χ0) is 10.2. The largest absolute Gasteiger partial charge is 0.378 e. The minimum Gasteiger partial charge on any atom is -0.378 e. The first-order chi connectivity index (χ1) is 6.86. The van der Waals surface area contributed by atoms with E-state index in [1.54, 1.807) is 12.1 Å². The van der Waals surface area contributed by atoms with Gasteiger partial charge >= 0.3 is 0 Å². The molecule has 0 radical (unpaired) electrons. The number of benzene rings is 1. The van der Waals surface area contributed by atoms with Crippen molar-refractivity contribution in [2.45, 2.75) is 6.92 Å². The molecule has 0 heterocycles. The maximum Gasteiger partial charge on any atom is 0.150 e. The summed E-state index contributed by atoms with van der Waals surface area (Å²) in [5.74, 6) is 0. The summed E-state index contributed by atoms with van der Waals surface area (Å²) in [5.41, 5.74) is 1.78. The van der Waals surface area contributed by atoms with Gasteiger partial charge in [-0.25, -0.2) is 0 Å². The summed E-state index contributed by atoms with van der Waals surface area (Å²) in [6.45, 7) is 3.33. The van der Waals surface area contributed by atoms with Crippen LogP contribution in [0.5, 0.6) is 0 Å². The molecule has 0 atom stereocenters. The summed E-state index contributed by atoms with van der Waals surface area (Å²) in [7, 11) is 0. The van der Waals surface area contributed by atoms with Crippen molar-refractivity contribution in [2.24, 2.45) is 0 Å². The Labute approximate surface area is 84.2 Å². The van der Waals surface area contributed by atoms with E-state index in [1.807, 2.05) is 31.2 Å². The van der Waals surface area contributed by atoms with Crippen LogP contribution in [0.25, 0.3) is 6.08 Å². The topological polar surface area (TPSA) is 26.3 Å². The molecule has 0 amide bonds. The molecule has 0 unspecified atom stereocenters. The molecule has 0 saturated carbocycles. The third kappa shape index (κ3) is 3.54. The SMILES string of the molecule is CCOC/C=C/c1ccc(C=O)cc1. The first-order valence-corrected chi connectivity index (χ1v) is 4.66. The second-order valence-electron chi connectivity index (χ2n) is 2.85. The summed E-state index contributed by atoms with van der Waals surface area (Å²) in [6.07, 6.45) is 4.78. The van der Waals surface area contributed by atoms with Crippen LogP contribution in [0, 0.1) is 0 Å². The summed E-state index contributed by atoms with van der Waals surface area (Å²) < 4.78 is 5.16. The van der Waals surface area contributed by atoms with Gasteiger partial charge in [-0.2, -0.15) is 0 Å². The molecule has 0 fully saturated rings. The third-order valence-corrected chi connectivity index (χ3v) is 1.80. The van der Waals surface area contributed by atoms with Gasteiger partial charge < -0.3 is 4.74 Å². The number of ether oxygens (including phenoxy) is 1. The van der Waals surface area contributed by atoms with Crippen LogP contribution >= 0.6 is 0 Å². The van der Waals surface area contributed by atoms with Crippen LogP contribution in [0.15, 0.2) is 30.3 Å². The molecule has 0 bridgehead atoms. The molecule has 74 valence electrons. The van der Waals surface area contributed by atoms with Crippen LogP contribution in [0.3, 0.4) is 0 Å². The van der Waals surface area contributed by atoms with Crippen molar-refractivity contribution in [3.63, 3.8) is 0 Å². The minimum atomic E-state index is 0.631. The highest BCUT2D eigenvalue weighted by atomic mass is 16.5. The second kappa shape index (κ2) is 6.11. The van der Waals surface area contributed by atoms with E-state index in [2.05, 4.69) is 0 Å². The fourth-order valence-corrected chi connectivity index (χ4v) is 1.06. The maximum atomic E-state index is 10.4. The van der Waals surface area contributed by atoms with Crippen molar-refractivity contribution in [2.75, 3.05) is 13.2 Å². The van der Waals surface area contributed by atoms with Crippen molar-refractivity contribution >= 4 is 12.4 Å². The monoisotopic (exact) mass is 190 g/mol. The zero-order valence-corrected chi connectivity index (χ0v) is 8.27. The van der Waals surface area contributed by atoms with Gasteiger partial charge in [0.1, 0.15) is 6.29 Å². The molecular formula is C12H14O2. The molecule has 2 heteroatoms. The number of carbonyl (C=O) groups is 1. The summed E-state index contributed by atoms with van der Waals surface area (Å²) in [4.78, 5) is 10.4. The van der Waals surface area contributed by atoms with E-state index in [-0.39, 0.29) is 0 Å². The van der Waals surface area contributed by atoms with Gasteiger partial charge in [-0.1, -0.05) is 36.4 Å². The van der Waals surface area contributed by atoms with Crippen LogP contribution in [0.4, 0.5) is 0 Å². The van der Waals surface area contributed by atoms with Crippen LogP contribution in [-0.4, -0.2) is 19.5 Å². The van der Waals surface area contributed by atoms with E-state index in [1.165, 1.54) is 0 Å². The predicted octanol–water partition coefficient (Wildman–Crippen LogP) is 2.55. The normalized spacial score (nSPS) is 10.6. The van der Waals surface area contributed by atoms with Crippen molar-refractivity contribution in [3.05, 3.63) is 41.5 Å². The zero-order valence-electron chi connectivity index (χ0n) is 8.27.